The number of benzene rings is 2. The summed E-state index contributed by atoms with van der Waals surface area (Å²) in [7, 11) is 0. The minimum atomic E-state index is -0.546. The highest BCUT2D eigenvalue weighted by atomic mass is 79.9. The van der Waals surface area contributed by atoms with Crippen molar-refractivity contribution >= 4 is 73.5 Å². The Morgan fingerprint density at radius 2 is 2.12 bits per heavy atom. The van der Waals surface area contributed by atoms with E-state index in [0.29, 0.717) is 21.5 Å². The molecule has 2 aromatic carbocycles. The molecule has 0 radical (unpaired) electrons. The SMILES string of the molecule is CCOc1ccc(/C=C2\SC(=S)N(c3ccc(F)c(Cl)c3)C2=O)cc1Br. The summed E-state index contributed by atoms with van der Waals surface area (Å²) in [6.45, 7) is 2.48. The molecule has 26 heavy (non-hydrogen) atoms. The maximum absolute atomic E-state index is 13.4. The van der Waals surface area contributed by atoms with Crippen LogP contribution in [0.3, 0.4) is 0 Å². The molecular weight excluding hydrogens is 461 g/mol. The van der Waals surface area contributed by atoms with Crippen LogP contribution in [0.25, 0.3) is 6.08 Å². The first-order chi connectivity index (χ1) is 12.4. The number of thioether (sulfide) groups is 1. The largest absolute Gasteiger partial charge is 0.493 e. The molecule has 1 aliphatic rings. The molecule has 0 N–H and O–H groups in total. The summed E-state index contributed by atoms with van der Waals surface area (Å²) < 4.78 is 20.0. The minimum Gasteiger partial charge on any atom is -0.493 e. The maximum Gasteiger partial charge on any atom is 0.270 e. The summed E-state index contributed by atoms with van der Waals surface area (Å²) in [6.07, 6.45) is 1.75. The van der Waals surface area contributed by atoms with Crippen molar-refractivity contribution in [2.75, 3.05) is 11.5 Å². The van der Waals surface area contributed by atoms with Crippen LogP contribution in [0.2, 0.25) is 5.02 Å². The van der Waals surface area contributed by atoms with Crippen molar-refractivity contribution < 1.29 is 13.9 Å². The average Bonchev–Trinajstić information content (AvgIpc) is 2.87. The molecule has 0 aromatic heterocycles. The van der Waals surface area contributed by atoms with Gasteiger partial charge in [0.25, 0.3) is 5.91 Å². The van der Waals surface area contributed by atoms with Crippen molar-refractivity contribution in [2.24, 2.45) is 0 Å². The van der Waals surface area contributed by atoms with Gasteiger partial charge in [-0.15, -0.1) is 0 Å². The number of ether oxygens (including phenoxy) is 1. The number of anilines is 1. The van der Waals surface area contributed by atoms with Gasteiger partial charge in [-0.25, -0.2) is 4.39 Å². The molecule has 0 aliphatic carbocycles. The summed E-state index contributed by atoms with van der Waals surface area (Å²) >= 11 is 15.8. The lowest BCUT2D eigenvalue weighted by Crippen LogP contribution is -2.27. The van der Waals surface area contributed by atoms with E-state index < -0.39 is 5.82 Å². The molecule has 134 valence electrons. The van der Waals surface area contributed by atoms with Gasteiger partial charge in [0.05, 0.1) is 26.7 Å². The average molecular weight is 473 g/mol. The fourth-order valence-corrected chi connectivity index (χ4v) is 4.33. The van der Waals surface area contributed by atoms with E-state index in [1.807, 2.05) is 25.1 Å². The van der Waals surface area contributed by atoms with Crippen molar-refractivity contribution in [3.8, 4) is 5.75 Å². The highest BCUT2D eigenvalue weighted by molar-refractivity contribution is 9.10. The molecule has 0 bridgehead atoms. The predicted molar refractivity (Wildman–Crippen MR) is 112 cm³/mol. The van der Waals surface area contributed by atoms with Gasteiger partial charge in [0, 0.05) is 0 Å². The number of carbonyl (C=O) groups is 1. The Labute approximate surface area is 173 Å². The summed E-state index contributed by atoms with van der Waals surface area (Å²) in [4.78, 5) is 14.6. The van der Waals surface area contributed by atoms with Crippen LogP contribution in [0.5, 0.6) is 5.75 Å². The van der Waals surface area contributed by atoms with E-state index in [1.165, 1.54) is 34.9 Å². The van der Waals surface area contributed by atoms with Gasteiger partial charge < -0.3 is 4.74 Å². The third-order valence-corrected chi connectivity index (χ3v) is 5.72. The molecule has 0 saturated carbocycles. The molecular formula is C18H12BrClFNO2S2. The van der Waals surface area contributed by atoms with Gasteiger partial charge in [0.15, 0.2) is 4.32 Å². The standard InChI is InChI=1S/C18H12BrClFNO2S2/c1-2-24-15-6-3-10(7-12(15)19)8-16-17(23)22(18(25)26-16)11-4-5-14(21)13(20)9-11/h3-9H,2H2,1H3/b16-8-. The molecule has 3 nitrogen and oxygen atoms in total. The third kappa shape index (κ3) is 3.96. The maximum atomic E-state index is 13.4. The Morgan fingerprint density at radius 3 is 2.77 bits per heavy atom. The van der Waals surface area contributed by atoms with E-state index in [9.17, 15) is 9.18 Å². The van der Waals surface area contributed by atoms with Gasteiger partial charge >= 0.3 is 0 Å². The second-order valence-corrected chi connectivity index (χ2v) is 8.18. The van der Waals surface area contributed by atoms with E-state index >= 15 is 0 Å². The van der Waals surface area contributed by atoms with Gasteiger partial charge in [-0.05, 0) is 64.8 Å². The highest BCUT2D eigenvalue weighted by Gasteiger charge is 2.33. The zero-order valence-corrected chi connectivity index (χ0v) is 17.4. The molecule has 1 heterocycles. The summed E-state index contributed by atoms with van der Waals surface area (Å²) in [5, 5.41) is -0.0593. The highest BCUT2D eigenvalue weighted by Crippen LogP contribution is 2.37. The number of hydrogen-bond acceptors (Lipinski definition) is 4. The molecule has 2 aromatic rings. The molecule has 0 unspecified atom stereocenters. The van der Waals surface area contributed by atoms with Crippen LogP contribution in [-0.4, -0.2) is 16.8 Å². The monoisotopic (exact) mass is 471 g/mol. The van der Waals surface area contributed by atoms with Gasteiger partial charge in [-0.1, -0.05) is 41.6 Å². The third-order valence-electron chi connectivity index (χ3n) is 3.51. The topological polar surface area (TPSA) is 29.5 Å². The van der Waals surface area contributed by atoms with Gasteiger partial charge in [0.2, 0.25) is 0 Å². The smallest absolute Gasteiger partial charge is 0.270 e. The zero-order valence-electron chi connectivity index (χ0n) is 13.5. The molecule has 1 saturated heterocycles. The first-order valence-electron chi connectivity index (χ1n) is 7.56. The van der Waals surface area contributed by atoms with Gasteiger partial charge in [-0.3, -0.25) is 9.69 Å². The van der Waals surface area contributed by atoms with Crippen molar-refractivity contribution in [2.45, 2.75) is 6.92 Å². The van der Waals surface area contributed by atoms with Gasteiger partial charge in [0.1, 0.15) is 11.6 Å². The lowest BCUT2D eigenvalue weighted by Gasteiger charge is -2.14. The Balaban J connectivity index is 1.89. The van der Waals surface area contributed by atoms with Crippen molar-refractivity contribution in [1.82, 2.24) is 0 Å². The first-order valence-corrected chi connectivity index (χ1v) is 9.95. The number of hydrogen-bond donors (Lipinski definition) is 0. The second kappa shape index (κ2) is 8.08. The van der Waals surface area contributed by atoms with Crippen LogP contribution in [0, 0.1) is 5.82 Å². The van der Waals surface area contributed by atoms with Crippen molar-refractivity contribution in [1.29, 1.82) is 0 Å². The van der Waals surface area contributed by atoms with E-state index in [4.69, 9.17) is 28.6 Å². The minimum absolute atomic E-state index is 0.0593. The summed E-state index contributed by atoms with van der Waals surface area (Å²) in [5.74, 6) is -0.0820. The lowest BCUT2D eigenvalue weighted by molar-refractivity contribution is -0.113. The quantitative estimate of drug-likeness (QED) is 0.400. The van der Waals surface area contributed by atoms with Crippen LogP contribution >= 0.6 is 51.5 Å². The Morgan fingerprint density at radius 1 is 1.35 bits per heavy atom. The van der Waals surface area contributed by atoms with Crippen molar-refractivity contribution in [3.63, 3.8) is 0 Å². The number of nitrogens with zero attached hydrogens (tertiary/aromatic N) is 1. The predicted octanol–water partition coefficient (Wildman–Crippen LogP) is 6.05. The Kier molecular flexibility index (Phi) is 6.02. The molecule has 1 aliphatic heterocycles. The summed E-state index contributed by atoms with van der Waals surface area (Å²) in [6, 6.07) is 9.63. The lowest BCUT2D eigenvalue weighted by atomic mass is 10.2. The fraction of sp³-hybridized carbons (Fsp3) is 0.111. The van der Waals surface area contributed by atoms with E-state index in [1.54, 1.807) is 6.08 Å². The van der Waals surface area contributed by atoms with Gasteiger partial charge in [-0.2, -0.15) is 0 Å². The molecule has 8 heteroatoms. The van der Waals surface area contributed by atoms with E-state index in [-0.39, 0.29) is 10.9 Å². The van der Waals surface area contributed by atoms with Crippen LogP contribution in [0.1, 0.15) is 12.5 Å². The second-order valence-electron chi connectivity index (χ2n) is 5.24. The number of halogens is 3. The normalized spacial score (nSPS) is 15.8. The van der Waals surface area contributed by atoms with Crippen LogP contribution in [0.4, 0.5) is 10.1 Å². The molecule has 0 spiro atoms. The van der Waals surface area contributed by atoms with E-state index in [0.717, 1.165) is 15.8 Å². The molecule has 1 fully saturated rings. The number of carbonyl (C=O) groups excluding carboxylic acids is 1. The van der Waals surface area contributed by atoms with Crippen LogP contribution < -0.4 is 9.64 Å². The Hall–Kier alpha value is -1.41. The summed E-state index contributed by atoms with van der Waals surface area (Å²) in [5.41, 5.74) is 1.27. The number of amides is 1. The number of thiocarbonyl (C=S) groups is 1. The number of rotatable bonds is 4. The van der Waals surface area contributed by atoms with Crippen LogP contribution in [-0.2, 0) is 4.79 Å². The van der Waals surface area contributed by atoms with E-state index in [2.05, 4.69) is 15.9 Å². The first kappa shape index (κ1) is 19.4. The zero-order chi connectivity index (χ0) is 18.8. The van der Waals surface area contributed by atoms with Crippen LogP contribution in [0.15, 0.2) is 45.8 Å². The Bertz CT molecular complexity index is 935. The molecule has 0 atom stereocenters. The molecule has 1 amide bonds. The fourth-order valence-electron chi connectivity index (χ4n) is 2.35. The van der Waals surface area contributed by atoms with Crippen molar-refractivity contribution in [3.05, 3.63) is 62.2 Å². The molecule has 3 rings (SSSR count).